The Morgan fingerprint density at radius 3 is 2.79 bits per heavy atom. The molecule has 1 heterocycles. The zero-order valence-electron chi connectivity index (χ0n) is 10.8. The molecule has 1 amide bonds. The van der Waals surface area contributed by atoms with Crippen LogP contribution in [0.2, 0.25) is 0 Å². The molecular formula is C13H19N5O. The van der Waals surface area contributed by atoms with Crippen molar-refractivity contribution in [2.45, 2.75) is 25.7 Å². The van der Waals surface area contributed by atoms with Crippen molar-refractivity contribution in [2.75, 3.05) is 12.0 Å². The molecule has 2 fully saturated rings. The maximum atomic E-state index is 11.9. The summed E-state index contributed by atoms with van der Waals surface area (Å²) in [6.45, 7) is 0.762. The monoisotopic (exact) mass is 261 g/mol. The third-order valence-electron chi connectivity index (χ3n) is 4.45. The van der Waals surface area contributed by atoms with E-state index in [0.717, 1.165) is 18.4 Å². The number of nitrogens with zero attached hydrogens (tertiary/aromatic N) is 2. The number of anilines is 1. The minimum absolute atomic E-state index is 0.154. The topological polar surface area (TPSA) is 92.9 Å². The third kappa shape index (κ3) is 2.53. The highest BCUT2D eigenvalue weighted by atomic mass is 16.1. The van der Waals surface area contributed by atoms with Gasteiger partial charge < -0.3 is 10.7 Å². The second-order valence-corrected chi connectivity index (χ2v) is 5.59. The number of hydrogen-bond donors (Lipinski definition) is 3. The van der Waals surface area contributed by atoms with Crippen LogP contribution in [-0.4, -0.2) is 22.6 Å². The van der Waals surface area contributed by atoms with Crippen LogP contribution in [0.1, 0.15) is 36.2 Å². The fourth-order valence-corrected chi connectivity index (χ4v) is 3.47. The van der Waals surface area contributed by atoms with E-state index in [1.165, 1.54) is 25.7 Å². The number of hydrazine groups is 1. The van der Waals surface area contributed by atoms with Gasteiger partial charge in [-0.05, 0) is 49.1 Å². The van der Waals surface area contributed by atoms with Gasteiger partial charge in [-0.1, -0.05) is 6.42 Å². The van der Waals surface area contributed by atoms with Crippen LogP contribution in [0.3, 0.4) is 0 Å². The summed E-state index contributed by atoms with van der Waals surface area (Å²) in [5.41, 5.74) is 2.72. The smallest absolute Gasteiger partial charge is 0.271 e. The Morgan fingerprint density at radius 1 is 1.32 bits per heavy atom. The van der Waals surface area contributed by atoms with Crippen molar-refractivity contribution in [3.63, 3.8) is 0 Å². The number of fused-ring (bicyclic) bond motifs is 2. The minimum Gasteiger partial charge on any atom is -0.350 e. The van der Waals surface area contributed by atoms with E-state index in [1.54, 1.807) is 12.1 Å². The van der Waals surface area contributed by atoms with Crippen molar-refractivity contribution in [1.29, 1.82) is 0 Å². The van der Waals surface area contributed by atoms with E-state index < -0.39 is 0 Å². The summed E-state index contributed by atoms with van der Waals surface area (Å²) in [5, 5.41) is 10.6. The average Bonchev–Trinajstić information content (AvgIpc) is 3.07. The molecule has 2 bridgehead atoms. The molecule has 6 nitrogen and oxygen atoms in total. The van der Waals surface area contributed by atoms with Crippen LogP contribution in [0.5, 0.6) is 0 Å². The van der Waals surface area contributed by atoms with Crippen LogP contribution >= 0.6 is 0 Å². The molecule has 0 aliphatic heterocycles. The highest BCUT2D eigenvalue weighted by molar-refractivity contribution is 5.92. The van der Waals surface area contributed by atoms with E-state index in [0.29, 0.717) is 17.4 Å². The maximum Gasteiger partial charge on any atom is 0.271 e. The predicted octanol–water partition coefficient (Wildman–Crippen LogP) is 0.928. The Bertz CT molecular complexity index is 461. The number of rotatable bonds is 4. The number of amides is 1. The number of nitrogens with two attached hydrogens (primary N) is 1. The first-order valence-corrected chi connectivity index (χ1v) is 6.85. The lowest BCUT2D eigenvalue weighted by Crippen LogP contribution is -2.32. The quantitative estimate of drug-likeness (QED) is 0.554. The number of carbonyl (C=O) groups excluding carboxylic acids is 1. The van der Waals surface area contributed by atoms with E-state index >= 15 is 0 Å². The summed E-state index contributed by atoms with van der Waals surface area (Å²) in [5.74, 6) is 7.87. The highest BCUT2D eigenvalue weighted by Gasteiger charge is 2.39. The third-order valence-corrected chi connectivity index (χ3v) is 4.45. The zero-order chi connectivity index (χ0) is 13.2. The van der Waals surface area contributed by atoms with Crippen molar-refractivity contribution < 1.29 is 4.79 Å². The molecule has 0 radical (unpaired) electrons. The maximum absolute atomic E-state index is 11.9. The number of nitrogen functional groups attached to an aromatic ring is 1. The molecular weight excluding hydrogens is 242 g/mol. The van der Waals surface area contributed by atoms with Gasteiger partial charge >= 0.3 is 0 Å². The van der Waals surface area contributed by atoms with Gasteiger partial charge in [0.05, 0.1) is 0 Å². The highest BCUT2D eigenvalue weighted by Crippen LogP contribution is 2.47. The van der Waals surface area contributed by atoms with E-state index in [-0.39, 0.29) is 5.91 Å². The number of carbonyl (C=O) groups is 1. The molecule has 1 aromatic rings. The Morgan fingerprint density at radius 2 is 2.21 bits per heavy atom. The van der Waals surface area contributed by atoms with Crippen LogP contribution in [0.4, 0.5) is 5.82 Å². The SMILES string of the molecule is NNc1ccc(C(=O)NCC2CC3CCC2C3)nn1. The zero-order valence-corrected chi connectivity index (χ0v) is 10.8. The molecule has 2 aliphatic carbocycles. The van der Waals surface area contributed by atoms with Crippen molar-refractivity contribution in [3.8, 4) is 0 Å². The van der Waals surface area contributed by atoms with Gasteiger partial charge in [-0.3, -0.25) is 4.79 Å². The Hall–Kier alpha value is -1.69. The van der Waals surface area contributed by atoms with Gasteiger partial charge in [0.25, 0.3) is 5.91 Å². The summed E-state index contributed by atoms with van der Waals surface area (Å²) in [7, 11) is 0. The first kappa shape index (κ1) is 12.3. The molecule has 0 spiro atoms. The molecule has 4 N–H and O–H groups in total. The van der Waals surface area contributed by atoms with E-state index in [2.05, 4.69) is 20.9 Å². The van der Waals surface area contributed by atoms with Gasteiger partial charge in [-0.15, -0.1) is 10.2 Å². The molecule has 19 heavy (non-hydrogen) atoms. The molecule has 102 valence electrons. The summed E-state index contributed by atoms with van der Waals surface area (Å²) in [6.07, 6.45) is 5.35. The van der Waals surface area contributed by atoms with Crippen LogP contribution in [0.15, 0.2) is 12.1 Å². The average molecular weight is 261 g/mol. The van der Waals surface area contributed by atoms with Crippen molar-refractivity contribution in [1.82, 2.24) is 15.5 Å². The van der Waals surface area contributed by atoms with E-state index in [1.807, 2.05) is 0 Å². The fraction of sp³-hybridized carbons (Fsp3) is 0.615. The molecule has 0 aromatic carbocycles. The van der Waals surface area contributed by atoms with Crippen molar-refractivity contribution in [2.24, 2.45) is 23.6 Å². The molecule has 2 saturated carbocycles. The van der Waals surface area contributed by atoms with Gasteiger partial charge in [0.2, 0.25) is 0 Å². The molecule has 1 aromatic heterocycles. The van der Waals surface area contributed by atoms with Gasteiger partial charge in [-0.25, -0.2) is 5.84 Å². The molecule has 3 rings (SSSR count). The molecule has 3 atom stereocenters. The Kier molecular flexibility index (Phi) is 3.33. The lowest BCUT2D eigenvalue weighted by atomic mass is 9.89. The molecule has 3 unspecified atom stereocenters. The first-order chi connectivity index (χ1) is 9.26. The lowest BCUT2D eigenvalue weighted by Gasteiger charge is -2.21. The van der Waals surface area contributed by atoms with Crippen LogP contribution in [0.25, 0.3) is 0 Å². The van der Waals surface area contributed by atoms with Gasteiger partial charge in [0.15, 0.2) is 11.5 Å². The summed E-state index contributed by atoms with van der Waals surface area (Å²) in [4.78, 5) is 11.9. The molecule has 6 heteroatoms. The van der Waals surface area contributed by atoms with Crippen LogP contribution in [-0.2, 0) is 0 Å². The van der Waals surface area contributed by atoms with Crippen LogP contribution < -0.4 is 16.6 Å². The predicted molar refractivity (Wildman–Crippen MR) is 71.1 cm³/mol. The fourth-order valence-electron chi connectivity index (χ4n) is 3.47. The molecule has 2 aliphatic rings. The number of nitrogens with one attached hydrogen (secondary N) is 2. The normalized spacial score (nSPS) is 28.4. The molecule has 0 saturated heterocycles. The number of hydrogen-bond acceptors (Lipinski definition) is 5. The summed E-state index contributed by atoms with van der Waals surface area (Å²) in [6, 6.07) is 3.26. The van der Waals surface area contributed by atoms with Crippen molar-refractivity contribution in [3.05, 3.63) is 17.8 Å². The second kappa shape index (κ2) is 5.13. The second-order valence-electron chi connectivity index (χ2n) is 5.59. The Balaban J connectivity index is 1.53. The number of aromatic nitrogens is 2. The van der Waals surface area contributed by atoms with E-state index in [9.17, 15) is 4.79 Å². The Labute approximate surface area is 112 Å². The van der Waals surface area contributed by atoms with Gasteiger partial charge in [0.1, 0.15) is 0 Å². The first-order valence-electron chi connectivity index (χ1n) is 6.85. The van der Waals surface area contributed by atoms with Gasteiger partial charge in [0, 0.05) is 6.54 Å². The van der Waals surface area contributed by atoms with Crippen LogP contribution in [0, 0.1) is 17.8 Å². The standard InChI is InChI=1S/C13H19N5O/c14-16-12-4-3-11(17-18-12)13(19)15-7-10-6-8-1-2-9(10)5-8/h3-4,8-10H,1-2,5-7,14H2,(H,15,19)(H,16,18). The summed E-state index contributed by atoms with van der Waals surface area (Å²) < 4.78 is 0. The minimum atomic E-state index is -0.154. The summed E-state index contributed by atoms with van der Waals surface area (Å²) >= 11 is 0. The lowest BCUT2D eigenvalue weighted by molar-refractivity contribution is 0.0936. The van der Waals surface area contributed by atoms with Crippen molar-refractivity contribution >= 4 is 11.7 Å². The van der Waals surface area contributed by atoms with Gasteiger partial charge in [-0.2, -0.15) is 0 Å². The largest absolute Gasteiger partial charge is 0.350 e. The van der Waals surface area contributed by atoms with E-state index in [4.69, 9.17) is 5.84 Å².